The van der Waals surface area contributed by atoms with Crippen LogP contribution >= 0.6 is 11.6 Å². The normalized spacial score (nSPS) is 12.1. The van der Waals surface area contributed by atoms with Gasteiger partial charge in [0.1, 0.15) is 6.10 Å². The predicted octanol–water partition coefficient (Wildman–Crippen LogP) is 4.57. The van der Waals surface area contributed by atoms with Crippen LogP contribution in [0.1, 0.15) is 18.1 Å². The molecule has 2 aromatic carbocycles. The van der Waals surface area contributed by atoms with E-state index in [0.29, 0.717) is 12.3 Å². The van der Waals surface area contributed by atoms with E-state index in [0.717, 1.165) is 5.56 Å². The molecule has 0 aliphatic carbocycles. The molecule has 0 heterocycles. The van der Waals surface area contributed by atoms with Crippen molar-refractivity contribution in [3.8, 4) is 5.75 Å². The first-order chi connectivity index (χ1) is 8.81. The lowest BCUT2D eigenvalue weighted by atomic mass is 10.1. The average Bonchev–Trinajstić information content (AvgIpc) is 2.42. The molecular formula is C15H14ClFO. The minimum atomic E-state index is -0.354. The van der Waals surface area contributed by atoms with Crippen molar-refractivity contribution in [1.82, 2.24) is 0 Å². The summed E-state index contributed by atoms with van der Waals surface area (Å²) < 4.78 is 19.3. The second-order valence-corrected chi connectivity index (χ2v) is 4.30. The third kappa shape index (κ3) is 3.23. The van der Waals surface area contributed by atoms with Gasteiger partial charge in [0.05, 0.1) is 0 Å². The summed E-state index contributed by atoms with van der Waals surface area (Å²) in [5, 5.41) is 0. The topological polar surface area (TPSA) is 9.23 Å². The molecule has 2 aromatic rings. The van der Waals surface area contributed by atoms with E-state index < -0.39 is 0 Å². The Balaban J connectivity index is 2.19. The van der Waals surface area contributed by atoms with Crippen LogP contribution in [0.4, 0.5) is 4.39 Å². The minimum absolute atomic E-state index is 0.222. The lowest BCUT2D eigenvalue weighted by molar-refractivity contribution is 0.193. The number of para-hydroxylation sites is 1. The highest BCUT2D eigenvalue weighted by molar-refractivity contribution is 6.17. The van der Waals surface area contributed by atoms with Gasteiger partial charge in [-0.3, -0.25) is 0 Å². The lowest BCUT2D eigenvalue weighted by Crippen LogP contribution is -2.09. The highest BCUT2D eigenvalue weighted by Crippen LogP contribution is 2.26. The van der Waals surface area contributed by atoms with E-state index in [1.807, 2.05) is 30.3 Å². The maximum atomic E-state index is 13.5. The van der Waals surface area contributed by atoms with Gasteiger partial charge in [-0.05, 0) is 17.7 Å². The number of hydrogen-bond acceptors (Lipinski definition) is 1. The summed E-state index contributed by atoms with van der Waals surface area (Å²) in [7, 11) is 0. The Morgan fingerprint density at radius 2 is 1.67 bits per heavy atom. The van der Waals surface area contributed by atoms with Gasteiger partial charge < -0.3 is 4.74 Å². The van der Waals surface area contributed by atoms with Crippen molar-refractivity contribution < 1.29 is 9.13 Å². The van der Waals surface area contributed by atoms with Crippen LogP contribution in [-0.2, 0) is 0 Å². The molecule has 1 nitrogen and oxygen atoms in total. The van der Waals surface area contributed by atoms with Crippen molar-refractivity contribution in [1.29, 1.82) is 0 Å². The van der Waals surface area contributed by atoms with Gasteiger partial charge >= 0.3 is 0 Å². The Hall–Kier alpha value is -1.54. The van der Waals surface area contributed by atoms with E-state index in [-0.39, 0.29) is 17.7 Å². The van der Waals surface area contributed by atoms with Gasteiger partial charge in [0.2, 0.25) is 0 Å². The Kier molecular flexibility index (Phi) is 4.59. The number of hydrogen-bond donors (Lipinski definition) is 0. The van der Waals surface area contributed by atoms with Gasteiger partial charge in [0.15, 0.2) is 11.6 Å². The SMILES string of the molecule is Fc1ccccc1O[C@@H](CCCl)c1ccccc1. The van der Waals surface area contributed by atoms with E-state index in [1.165, 1.54) is 6.07 Å². The van der Waals surface area contributed by atoms with Crippen LogP contribution in [0.25, 0.3) is 0 Å². The van der Waals surface area contributed by atoms with Crippen LogP contribution in [0.3, 0.4) is 0 Å². The molecule has 0 aliphatic rings. The number of halogens is 2. The van der Waals surface area contributed by atoms with Crippen molar-refractivity contribution in [2.45, 2.75) is 12.5 Å². The highest BCUT2D eigenvalue weighted by Gasteiger charge is 2.14. The third-order valence-electron chi connectivity index (χ3n) is 2.65. The molecule has 0 unspecified atom stereocenters. The maximum Gasteiger partial charge on any atom is 0.165 e. The molecule has 0 aliphatic heterocycles. The zero-order valence-corrected chi connectivity index (χ0v) is 10.6. The standard InChI is InChI=1S/C15H14ClFO/c16-11-10-14(12-6-2-1-3-7-12)18-15-9-5-4-8-13(15)17/h1-9,14H,10-11H2/t14-/m0/s1. The fourth-order valence-electron chi connectivity index (χ4n) is 1.75. The number of rotatable bonds is 5. The first-order valence-electron chi connectivity index (χ1n) is 5.83. The van der Waals surface area contributed by atoms with E-state index in [1.54, 1.807) is 18.2 Å². The zero-order chi connectivity index (χ0) is 12.8. The third-order valence-corrected chi connectivity index (χ3v) is 2.87. The molecule has 0 radical (unpaired) electrons. The fourth-order valence-corrected chi connectivity index (χ4v) is 1.95. The molecule has 18 heavy (non-hydrogen) atoms. The molecule has 0 bridgehead atoms. The second-order valence-electron chi connectivity index (χ2n) is 3.93. The molecule has 0 saturated heterocycles. The molecule has 0 fully saturated rings. The molecule has 94 valence electrons. The molecule has 2 rings (SSSR count). The number of alkyl halides is 1. The predicted molar refractivity (Wildman–Crippen MR) is 71.5 cm³/mol. The Bertz CT molecular complexity index is 487. The Labute approximate surface area is 111 Å². The van der Waals surface area contributed by atoms with Gasteiger partial charge in [0, 0.05) is 12.3 Å². The van der Waals surface area contributed by atoms with Crippen molar-refractivity contribution >= 4 is 11.6 Å². The Morgan fingerprint density at radius 3 is 2.33 bits per heavy atom. The van der Waals surface area contributed by atoms with Crippen LogP contribution < -0.4 is 4.74 Å². The Morgan fingerprint density at radius 1 is 1.00 bits per heavy atom. The summed E-state index contributed by atoms with van der Waals surface area (Å²) in [6, 6.07) is 16.1. The molecule has 0 aromatic heterocycles. The van der Waals surface area contributed by atoms with E-state index >= 15 is 0 Å². The van der Waals surface area contributed by atoms with Crippen molar-refractivity contribution in [2.24, 2.45) is 0 Å². The minimum Gasteiger partial charge on any atom is -0.483 e. The quantitative estimate of drug-likeness (QED) is 0.719. The van der Waals surface area contributed by atoms with Crippen LogP contribution in [0.2, 0.25) is 0 Å². The molecule has 0 spiro atoms. The monoisotopic (exact) mass is 264 g/mol. The van der Waals surface area contributed by atoms with Crippen molar-refractivity contribution in [3.63, 3.8) is 0 Å². The summed E-state index contributed by atoms with van der Waals surface area (Å²) in [6.45, 7) is 0. The average molecular weight is 265 g/mol. The van der Waals surface area contributed by atoms with E-state index in [9.17, 15) is 4.39 Å². The molecule has 0 saturated carbocycles. The van der Waals surface area contributed by atoms with Gasteiger partial charge in [-0.1, -0.05) is 42.5 Å². The first kappa shape index (κ1) is 12.9. The van der Waals surface area contributed by atoms with Crippen LogP contribution in [0.15, 0.2) is 54.6 Å². The number of ether oxygens (including phenoxy) is 1. The maximum absolute atomic E-state index is 13.5. The summed E-state index contributed by atoms with van der Waals surface area (Å²) in [6.07, 6.45) is 0.417. The molecule has 0 N–H and O–H groups in total. The number of benzene rings is 2. The van der Waals surface area contributed by atoms with Crippen molar-refractivity contribution in [3.05, 3.63) is 66.0 Å². The summed E-state index contributed by atoms with van der Waals surface area (Å²) in [4.78, 5) is 0. The second kappa shape index (κ2) is 6.41. The summed E-state index contributed by atoms with van der Waals surface area (Å²) in [5.41, 5.74) is 1.00. The molecular weight excluding hydrogens is 251 g/mol. The van der Waals surface area contributed by atoms with Gasteiger partial charge in [0.25, 0.3) is 0 Å². The summed E-state index contributed by atoms with van der Waals surface area (Å²) in [5.74, 6) is 0.373. The van der Waals surface area contributed by atoms with Gasteiger partial charge in [-0.25, -0.2) is 4.39 Å². The van der Waals surface area contributed by atoms with Crippen LogP contribution in [-0.4, -0.2) is 5.88 Å². The van der Waals surface area contributed by atoms with Gasteiger partial charge in [-0.2, -0.15) is 0 Å². The summed E-state index contributed by atoms with van der Waals surface area (Å²) >= 11 is 5.78. The zero-order valence-electron chi connectivity index (χ0n) is 9.85. The molecule has 0 amide bonds. The largest absolute Gasteiger partial charge is 0.483 e. The van der Waals surface area contributed by atoms with E-state index in [2.05, 4.69) is 0 Å². The van der Waals surface area contributed by atoms with E-state index in [4.69, 9.17) is 16.3 Å². The molecule has 3 heteroatoms. The fraction of sp³-hybridized carbons (Fsp3) is 0.200. The highest BCUT2D eigenvalue weighted by atomic mass is 35.5. The first-order valence-corrected chi connectivity index (χ1v) is 6.37. The smallest absolute Gasteiger partial charge is 0.165 e. The van der Waals surface area contributed by atoms with Crippen molar-refractivity contribution in [2.75, 3.05) is 5.88 Å². The molecule has 1 atom stereocenters. The lowest BCUT2D eigenvalue weighted by Gasteiger charge is -2.19. The van der Waals surface area contributed by atoms with Crippen LogP contribution in [0.5, 0.6) is 5.75 Å². The van der Waals surface area contributed by atoms with Gasteiger partial charge in [-0.15, -0.1) is 11.6 Å². The van der Waals surface area contributed by atoms with Crippen LogP contribution in [0, 0.1) is 5.82 Å².